The van der Waals surface area contributed by atoms with E-state index in [1.54, 1.807) is 4.90 Å². The second kappa shape index (κ2) is 9.35. The molecule has 0 spiro atoms. The third-order valence-corrected chi connectivity index (χ3v) is 4.22. The second-order valence-corrected chi connectivity index (χ2v) is 6.19. The van der Waals surface area contributed by atoms with Crippen LogP contribution in [0.2, 0.25) is 0 Å². The number of likely N-dealkylation sites (N-methyl/N-ethyl adjacent to an activating group) is 1. The molecule has 2 atom stereocenters. The lowest BCUT2D eigenvalue weighted by atomic mass is 9.87. The molecule has 0 aliphatic carbocycles. The Balaban J connectivity index is 2.15. The van der Waals surface area contributed by atoms with Crippen LogP contribution in [0.5, 0.6) is 0 Å². The first-order valence-electron chi connectivity index (χ1n) is 8.09. The highest BCUT2D eigenvalue weighted by Crippen LogP contribution is 2.23. The lowest BCUT2D eigenvalue weighted by molar-refractivity contribution is -0.131. The molecule has 1 amide bonds. The summed E-state index contributed by atoms with van der Waals surface area (Å²) in [6, 6.07) is 0.0637. The summed E-state index contributed by atoms with van der Waals surface area (Å²) in [5.41, 5.74) is 0. The number of unbranched alkanes of at least 4 members (excludes halogenated alkanes) is 5. The zero-order valence-electron chi connectivity index (χ0n) is 13.1. The van der Waals surface area contributed by atoms with Gasteiger partial charge >= 0.3 is 0 Å². The maximum absolute atomic E-state index is 12.0. The standard InChI is InChI=1S/C16H32N2O/c1-4-5-6-7-8-9-10-14-11-12-17-15(13-14)16(19)18(2)3/h14-15,17H,4-13H2,1-3H3. The predicted octanol–water partition coefficient (Wildman–Crippen LogP) is 3.19. The molecule has 3 heteroatoms. The fourth-order valence-corrected chi connectivity index (χ4v) is 2.97. The SMILES string of the molecule is CCCCCCCCC1CCNC(C(=O)N(C)C)C1. The minimum Gasteiger partial charge on any atom is -0.347 e. The van der Waals surface area contributed by atoms with Gasteiger partial charge in [-0.2, -0.15) is 0 Å². The number of piperidine rings is 1. The normalized spacial score (nSPS) is 23.3. The summed E-state index contributed by atoms with van der Waals surface area (Å²) < 4.78 is 0. The minimum atomic E-state index is 0.0637. The van der Waals surface area contributed by atoms with Gasteiger partial charge in [0.1, 0.15) is 0 Å². The van der Waals surface area contributed by atoms with Crippen LogP contribution in [0.15, 0.2) is 0 Å². The Bertz CT molecular complexity index is 253. The topological polar surface area (TPSA) is 32.3 Å². The molecule has 0 radical (unpaired) electrons. The summed E-state index contributed by atoms with van der Waals surface area (Å²) in [6.07, 6.45) is 11.8. The smallest absolute Gasteiger partial charge is 0.239 e. The quantitative estimate of drug-likeness (QED) is 0.686. The highest BCUT2D eigenvalue weighted by Gasteiger charge is 2.27. The minimum absolute atomic E-state index is 0.0637. The molecule has 2 unspecified atom stereocenters. The second-order valence-electron chi connectivity index (χ2n) is 6.19. The van der Waals surface area contributed by atoms with E-state index < -0.39 is 0 Å². The lowest BCUT2D eigenvalue weighted by Gasteiger charge is -2.31. The van der Waals surface area contributed by atoms with Gasteiger partial charge in [-0.05, 0) is 25.3 Å². The Labute approximate surface area is 119 Å². The number of nitrogens with zero attached hydrogens (tertiary/aromatic N) is 1. The van der Waals surface area contributed by atoms with Gasteiger partial charge in [-0.15, -0.1) is 0 Å². The van der Waals surface area contributed by atoms with E-state index in [0.717, 1.165) is 18.9 Å². The van der Waals surface area contributed by atoms with Gasteiger partial charge in [0.05, 0.1) is 6.04 Å². The highest BCUT2D eigenvalue weighted by molar-refractivity contribution is 5.81. The Morgan fingerprint density at radius 1 is 1.16 bits per heavy atom. The van der Waals surface area contributed by atoms with Crippen LogP contribution in [0.4, 0.5) is 0 Å². The van der Waals surface area contributed by atoms with Gasteiger partial charge in [-0.25, -0.2) is 0 Å². The highest BCUT2D eigenvalue weighted by atomic mass is 16.2. The summed E-state index contributed by atoms with van der Waals surface area (Å²) in [4.78, 5) is 13.7. The molecular formula is C16H32N2O. The summed E-state index contributed by atoms with van der Waals surface area (Å²) in [5.74, 6) is 0.994. The summed E-state index contributed by atoms with van der Waals surface area (Å²) in [6.45, 7) is 3.27. The number of carbonyl (C=O) groups is 1. The molecule has 3 nitrogen and oxygen atoms in total. The zero-order chi connectivity index (χ0) is 14.1. The van der Waals surface area contributed by atoms with Crippen molar-refractivity contribution in [2.24, 2.45) is 5.92 Å². The molecule has 0 bridgehead atoms. The Kier molecular flexibility index (Phi) is 8.11. The number of hydrogen-bond donors (Lipinski definition) is 1. The van der Waals surface area contributed by atoms with E-state index in [9.17, 15) is 4.79 Å². The van der Waals surface area contributed by atoms with E-state index in [0.29, 0.717) is 0 Å². The number of nitrogens with one attached hydrogen (secondary N) is 1. The molecule has 0 saturated carbocycles. The van der Waals surface area contributed by atoms with E-state index in [1.807, 2.05) is 14.1 Å². The molecule has 1 fully saturated rings. The van der Waals surface area contributed by atoms with Crippen LogP contribution >= 0.6 is 0 Å². The van der Waals surface area contributed by atoms with E-state index >= 15 is 0 Å². The maximum atomic E-state index is 12.0. The molecule has 1 rings (SSSR count). The number of amides is 1. The molecule has 1 N–H and O–H groups in total. The van der Waals surface area contributed by atoms with Crippen LogP contribution in [0.1, 0.15) is 64.7 Å². The largest absolute Gasteiger partial charge is 0.347 e. The van der Waals surface area contributed by atoms with Crippen molar-refractivity contribution in [2.75, 3.05) is 20.6 Å². The molecule has 1 heterocycles. The number of rotatable bonds is 8. The molecule has 112 valence electrons. The van der Waals surface area contributed by atoms with E-state index in [4.69, 9.17) is 0 Å². The molecule has 0 aromatic heterocycles. The predicted molar refractivity (Wildman–Crippen MR) is 81.2 cm³/mol. The van der Waals surface area contributed by atoms with Crippen molar-refractivity contribution >= 4 is 5.91 Å². The molecule has 19 heavy (non-hydrogen) atoms. The van der Waals surface area contributed by atoms with Crippen LogP contribution in [-0.2, 0) is 4.79 Å². The summed E-state index contributed by atoms with van der Waals surface area (Å²) >= 11 is 0. The summed E-state index contributed by atoms with van der Waals surface area (Å²) in [7, 11) is 3.70. The van der Waals surface area contributed by atoms with Gasteiger partial charge in [0, 0.05) is 14.1 Å². The molecule has 1 aliphatic rings. The van der Waals surface area contributed by atoms with Gasteiger partial charge in [-0.1, -0.05) is 51.9 Å². The molecular weight excluding hydrogens is 236 g/mol. The number of hydrogen-bond acceptors (Lipinski definition) is 2. The van der Waals surface area contributed by atoms with Crippen molar-refractivity contribution in [1.82, 2.24) is 10.2 Å². The fraction of sp³-hybridized carbons (Fsp3) is 0.938. The average Bonchev–Trinajstić information content (AvgIpc) is 2.42. The first-order chi connectivity index (χ1) is 9.15. The van der Waals surface area contributed by atoms with Crippen LogP contribution in [0.3, 0.4) is 0 Å². The average molecular weight is 268 g/mol. The van der Waals surface area contributed by atoms with Crippen LogP contribution < -0.4 is 5.32 Å². The van der Waals surface area contributed by atoms with Crippen LogP contribution in [-0.4, -0.2) is 37.5 Å². The fourth-order valence-electron chi connectivity index (χ4n) is 2.97. The third kappa shape index (κ3) is 6.42. The first kappa shape index (κ1) is 16.5. The van der Waals surface area contributed by atoms with Gasteiger partial charge in [-0.3, -0.25) is 4.79 Å². The van der Waals surface area contributed by atoms with E-state index in [2.05, 4.69) is 12.2 Å². The third-order valence-electron chi connectivity index (χ3n) is 4.22. The van der Waals surface area contributed by atoms with Crippen LogP contribution in [0.25, 0.3) is 0 Å². The van der Waals surface area contributed by atoms with Gasteiger partial charge in [0.25, 0.3) is 0 Å². The van der Waals surface area contributed by atoms with Crippen molar-refractivity contribution in [3.63, 3.8) is 0 Å². The van der Waals surface area contributed by atoms with Gasteiger partial charge in [0.2, 0.25) is 5.91 Å². The van der Waals surface area contributed by atoms with Crippen LogP contribution in [0, 0.1) is 5.92 Å². The molecule has 0 aromatic carbocycles. The number of carbonyl (C=O) groups excluding carboxylic acids is 1. The Morgan fingerprint density at radius 3 is 2.53 bits per heavy atom. The molecule has 1 aliphatic heterocycles. The van der Waals surface area contributed by atoms with Crippen molar-refractivity contribution in [1.29, 1.82) is 0 Å². The van der Waals surface area contributed by atoms with Crippen molar-refractivity contribution in [3.05, 3.63) is 0 Å². The Hall–Kier alpha value is -0.570. The zero-order valence-corrected chi connectivity index (χ0v) is 13.1. The van der Waals surface area contributed by atoms with Gasteiger partial charge in [0.15, 0.2) is 0 Å². The maximum Gasteiger partial charge on any atom is 0.239 e. The van der Waals surface area contributed by atoms with Crippen molar-refractivity contribution in [3.8, 4) is 0 Å². The van der Waals surface area contributed by atoms with E-state index in [1.165, 1.54) is 51.4 Å². The van der Waals surface area contributed by atoms with Crippen molar-refractivity contribution in [2.45, 2.75) is 70.8 Å². The Morgan fingerprint density at radius 2 is 1.84 bits per heavy atom. The summed E-state index contributed by atoms with van der Waals surface area (Å²) in [5, 5.41) is 3.36. The molecule has 0 aromatic rings. The monoisotopic (exact) mass is 268 g/mol. The van der Waals surface area contributed by atoms with Gasteiger partial charge < -0.3 is 10.2 Å². The lowest BCUT2D eigenvalue weighted by Crippen LogP contribution is -2.48. The van der Waals surface area contributed by atoms with E-state index in [-0.39, 0.29) is 11.9 Å². The molecule has 1 saturated heterocycles. The van der Waals surface area contributed by atoms with Crippen molar-refractivity contribution < 1.29 is 4.79 Å². The first-order valence-corrected chi connectivity index (χ1v) is 8.09.